The number of hydrogen-bond acceptors (Lipinski definition) is 7. The van der Waals surface area contributed by atoms with Gasteiger partial charge in [-0.2, -0.15) is 0 Å². The molecule has 38 heavy (non-hydrogen) atoms. The predicted molar refractivity (Wildman–Crippen MR) is 153 cm³/mol. The van der Waals surface area contributed by atoms with E-state index in [0.29, 0.717) is 18.6 Å². The van der Waals surface area contributed by atoms with Crippen molar-refractivity contribution in [1.82, 2.24) is 15.6 Å². The van der Waals surface area contributed by atoms with E-state index < -0.39 is 24.1 Å². The van der Waals surface area contributed by atoms with Gasteiger partial charge in [0, 0.05) is 11.1 Å². The van der Waals surface area contributed by atoms with E-state index in [4.69, 9.17) is 4.74 Å². The molecule has 0 saturated heterocycles. The van der Waals surface area contributed by atoms with Gasteiger partial charge in [0.15, 0.2) is 5.78 Å². The molecule has 0 bridgehead atoms. The van der Waals surface area contributed by atoms with Gasteiger partial charge < -0.3 is 15.4 Å². The van der Waals surface area contributed by atoms with Gasteiger partial charge in [-0.05, 0) is 36.8 Å². The zero-order chi connectivity index (χ0) is 27.3. The molecule has 2 amide bonds. The van der Waals surface area contributed by atoms with Crippen molar-refractivity contribution >= 4 is 40.9 Å². The first-order chi connectivity index (χ1) is 18.3. The van der Waals surface area contributed by atoms with Gasteiger partial charge in [0.05, 0.1) is 22.5 Å². The van der Waals surface area contributed by atoms with Gasteiger partial charge in [0.2, 0.25) is 5.91 Å². The van der Waals surface area contributed by atoms with Crippen molar-refractivity contribution in [3.05, 3.63) is 87.9 Å². The second-order valence-corrected chi connectivity index (χ2v) is 11.5. The van der Waals surface area contributed by atoms with E-state index in [1.54, 1.807) is 11.3 Å². The number of carbonyl (C=O) groups is 3. The van der Waals surface area contributed by atoms with Gasteiger partial charge in [-0.25, -0.2) is 9.78 Å². The molecule has 0 radical (unpaired) electrons. The molecule has 3 rings (SSSR count). The largest absolute Gasteiger partial charge is 0.445 e. The monoisotopic (exact) mass is 553 g/mol. The number of nitrogens with one attached hydrogen (secondary N) is 2. The van der Waals surface area contributed by atoms with Crippen LogP contribution in [0.25, 0.3) is 0 Å². The number of alkyl carbamates (subject to hydrolysis) is 1. The summed E-state index contributed by atoms with van der Waals surface area (Å²) >= 11 is 3.06. The van der Waals surface area contributed by atoms with Crippen LogP contribution in [0.5, 0.6) is 0 Å². The smallest absolute Gasteiger partial charge is 0.408 e. The fourth-order valence-corrected chi connectivity index (χ4v) is 5.39. The normalized spacial score (nSPS) is 12.5. The number of aromatic nitrogens is 1. The lowest BCUT2D eigenvalue weighted by molar-refractivity contribution is -0.128. The van der Waals surface area contributed by atoms with Gasteiger partial charge in [0.1, 0.15) is 12.6 Å². The van der Waals surface area contributed by atoms with Crippen molar-refractivity contribution in [3.8, 4) is 0 Å². The van der Waals surface area contributed by atoms with Crippen molar-refractivity contribution in [1.29, 1.82) is 0 Å². The Hall–Kier alpha value is -3.17. The Morgan fingerprint density at radius 1 is 0.947 bits per heavy atom. The summed E-state index contributed by atoms with van der Waals surface area (Å²) in [5.74, 6) is 0.544. The summed E-state index contributed by atoms with van der Waals surface area (Å²) < 4.78 is 5.33. The van der Waals surface area contributed by atoms with Crippen molar-refractivity contribution < 1.29 is 19.1 Å². The highest BCUT2D eigenvalue weighted by Gasteiger charge is 2.28. The molecule has 0 aliphatic rings. The van der Waals surface area contributed by atoms with Crippen LogP contribution in [-0.4, -0.2) is 40.6 Å². The minimum Gasteiger partial charge on any atom is -0.445 e. The second-order valence-electron chi connectivity index (χ2n) is 9.46. The first-order valence-corrected chi connectivity index (χ1v) is 14.7. The molecule has 0 aliphatic heterocycles. The van der Waals surface area contributed by atoms with Crippen molar-refractivity contribution in [2.75, 3.05) is 5.75 Å². The first-order valence-electron chi connectivity index (χ1n) is 12.6. The molecule has 0 spiro atoms. The van der Waals surface area contributed by atoms with E-state index >= 15 is 0 Å². The summed E-state index contributed by atoms with van der Waals surface area (Å²) in [5.41, 5.74) is 2.75. The van der Waals surface area contributed by atoms with E-state index in [1.165, 1.54) is 11.8 Å². The SMILES string of the molecule is Cc1nc(CSCC(=O)[C@H](Cc2ccccc2)NC(=O)[C@H](CC(C)C)NC(=O)OCc2ccccc2)cs1. The molecule has 1 aromatic heterocycles. The molecule has 0 saturated carbocycles. The number of amides is 2. The Labute approximate surface area is 232 Å². The third kappa shape index (κ3) is 10.3. The number of ketones is 1. The van der Waals surface area contributed by atoms with E-state index in [9.17, 15) is 14.4 Å². The van der Waals surface area contributed by atoms with Gasteiger partial charge in [-0.1, -0.05) is 74.5 Å². The molecule has 202 valence electrons. The topological polar surface area (TPSA) is 97.4 Å². The summed E-state index contributed by atoms with van der Waals surface area (Å²) in [4.78, 5) is 43.5. The van der Waals surface area contributed by atoms with Crippen molar-refractivity contribution in [2.45, 2.75) is 58.1 Å². The minimum atomic E-state index is -0.824. The number of rotatable bonds is 14. The molecule has 2 atom stereocenters. The maximum absolute atomic E-state index is 13.3. The lowest BCUT2D eigenvalue weighted by atomic mass is 10.00. The summed E-state index contributed by atoms with van der Waals surface area (Å²) in [6.45, 7) is 6.00. The number of thioether (sulfide) groups is 1. The average Bonchev–Trinajstić information content (AvgIpc) is 3.32. The van der Waals surface area contributed by atoms with E-state index in [1.807, 2.05) is 86.8 Å². The summed E-state index contributed by atoms with van der Waals surface area (Å²) in [7, 11) is 0. The number of benzene rings is 2. The van der Waals surface area contributed by atoms with Gasteiger partial charge in [-0.3, -0.25) is 9.59 Å². The lowest BCUT2D eigenvalue weighted by Gasteiger charge is -2.24. The van der Waals surface area contributed by atoms with Crippen LogP contribution in [0.1, 0.15) is 42.1 Å². The molecule has 1 heterocycles. The predicted octanol–water partition coefficient (Wildman–Crippen LogP) is 5.32. The molecule has 9 heteroatoms. The van der Waals surface area contributed by atoms with Crippen LogP contribution in [0.2, 0.25) is 0 Å². The molecule has 7 nitrogen and oxygen atoms in total. The van der Waals surface area contributed by atoms with Crippen LogP contribution in [0.15, 0.2) is 66.0 Å². The quantitative estimate of drug-likeness (QED) is 0.280. The van der Waals surface area contributed by atoms with Crippen LogP contribution >= 0.6 is 23.1 Å². The molecule has 0 aliphatic carbocycles. The molecule has 2 N–H and O–H groups in total. The molecular weight excluding hydrogens is 518 g/mol. The molecular formula is C29H35N3O4S2. The number of carbonyl (C=O) groups excluding carboxylic acids is 3. The molecule has 3 aromatic rings. The summed E-state index contributed by atoms with van der Waals surface area (Å²) in [6.07, 6.45) is 0.111. The Balaban J connectivity index is 1.63. The highest BCUT2D eigenvalue weighted by Crippen LogP contribution is 2.17. The highest BCUT2D eigenvalue weighted by molar-refractivity contribution is 7.99. The fraction of sp³-hybridized carbons (Fsp3) is 0.379. The Bertz CT molecular complexity index is 1170. The molecule has 0 unspecified atom stereocenters. The number of thiazole rings is 1. The average molecular weight is 554 g/mol. The van der Waals surface area contributed by atoms with Crippen LogP contribution < -0.4 is 10.6 Å². The summed E-state index contributed by atoms with van der Waals surface area (Å²) in [5, 5.41) is 8.60. The number of aryl methyl sites for hydroxylation is 1. The third-order valence-corrected chi connectivity index (χ3v) is 7.49. The standard InChI is InChI=1S/C29H35N3O4S2/c1-20(2)14-26(32-29(35)36-16-23-12-8-5-9-13-23)28(34)31-25(15-22-10-6-4-7-11-22)27(33)19-37-17-24-18-38-21(3)30-24/h4-13,18,20,25-26H,14-17,19H2,1-3H3,(H,31,34)(H,32,35)/t25-,26-/m0/s1. The number of hydrogen-bond donors (Lipinski definition) is 2. The lowest BCUT2D eigenvalue weighted by Crippen LogP contribution is -2.53. The van der Waals surface area contributed by atoms with Crippen LogP contribution in [-0.2, 0) is 33.1 Å². The summed E-state index contributed by atoms with van der Waals surface area (Å²) in [6, 6.07) is 17.4. The van der Waals surface area contributed by atoms with E-state index in [0.717, 1.165) is 21.8 Å². The highest BCUT2D eigenvalue weighted by atomic mass is 32.2. The van der Waals surface area contributed by atoms with Crippen molar-refractivity contribution in [3.63, 3.8) is 0 Å². The van der Waals surface area contributed by atoms with Crippen LogP contribution in [0, 0.1) is 12.8 Å². The zero-order valence-electron chi connectivity index (χ0n) is 22.0. The van der Waals surface area contributed by atoms with E-state index in [2.05, 4.69) is 15.6 Å². The second kappa shape index (κ2) is 15.3. The minimum absolute atomic E-state index is 0.0749. The zero-order valence-corrected chi connectivity index (χ0v) is 23.6. The Kier molecular flexibility index (Phi) is 11.8. The van der Waals surface area contributed by atoms with E-state index in [-0.39, 0.29) is 24.1 Å². The first kappa shape index (κ1) is 29.4. The Morgan fingerprint density at radius 3 is 2.21 bits per heavy atom. The van der Waals surface area contributed by atoms with Crippen LogP contribution in [0.3, 0.4) is 0 Å². The molecule has 0 fully saturated rings. The van der Waals surface area contributed by atoms with Gasteiger partial charge in [-0.15, -0.1) is 23.1 Å². The third-order valence-electron chi connectivity index (χ3n) is 5.68. The fourth-order valence-electron chi connectivity index (χ4n) is 3.81. The van der Waals surface area contributed by atoms with Gasteiger partial charge in [0.25, 0.3) is 0 Å². The Morgan fingerprint density at radius 2 is 1.61 bits per heavy atom. The van der Waals surface area contributed by atoms with Crippen LogP contribution in [0.4, 0.5) is 4.79 Å². The van der Waals surface area contributed by atoms with Crippen molar-refractivity contribution in [2.24, 2.45) is 5.92 Å². The number of ether oxygens (including phenoxy) is 1. The van der Waals surface area contributed by atoms with Gasteiger partial charge >= 0.3 is 6.09 Å². The maximum atomic E-state index is 13.3. The molecule has 2 aromatic carbocycles. The number of nitrogens with zero attached hydrogens (tertiary/aromatic N) is 1. The number of Topliss-reactive ketones (excluding diaryl/α,β-unsaturated/α-hetero) is 1. The maximum Gasteiger partial charge on any atom is 0.408 e.